The molecule has 0 aromatic carbocycles. The summed E-state index contributed by atoms with van der Waals surface area (Å²) in [5.41, 5.74) is 0.231. The van der Waals surface area contributed by atoms with Crippen LogP contribution in [0.5, 0.6) is 5.75 Å². The third kappa shape index (κ3) is 2.85. The van der Waals surface area contributed by atoms with E-state index in [1.165, 1.54) is 6.42 Å². The Labute approximate surface area is 122 Å². The second kappa shape index (κ2) is 6.17. The molecule has 114 valence electrons. The van der Waals surface area contributed by atoms with Crippen LogP contribution in [0.1, 0.15) is 59.9 Å². The van der Waals surface area contributed by atoms with Gasteiger partial charge in [-0.05, 0) is 33.2 Å². The molecule has 0 aliphatic heterocycles. The normalized spacial score (nSPS) is 29.5. The van der Waals surface area contributed by atoms with Crippen molar-refractivity contribution in [2.24, 2.45) is 5.41 Å². The molecule has 4 heteroatoms. The molecule has 0 radical (unpaired) electrons. The molecule has 3 atom stereocenters. The van der Waals surface area contributed by atoms with Crippen LogP contribution in [0.2, 0.25) is 0 Å². The molecular weight excluding hydrogens is 250 g/mol. The monoisotopic (exact) mass is 279 g/mol. The first kappa shape index (κ1) is 15.4. The minimum atomic E-state index is 0.231. The Bertz CT molecular complexity index is 429. The minimum Gasteiger partial charge on any atom is -0.486 e. The van der Waals surface area contributed by atoms with E-state index in [1.54, 1.807) is 0 Å². The molecule has 1 saturated carbocycles. The fraction of sp³-hybridized carbons (Fsp3) is 0.812. The van der Waals surface area contributed by atoms with Crippen LogP contribution in [-0.4, -0.2) is 28.5 Å². The van der Waals surface area contributed by atoms with Crippen molar-refractivity contribution in [3.8, 4) is 5.75 Å². The Morgan fingerprint density at radius 2 is 2.25 bits per heavy atom. The lowest BCUT2D eigenvalue weighted by Crippen LogP contribution is -2.63. The van der Waals surface area contributed by atoms with E-state index in [4.69, 9.17) is 4.74 Å². The SMILES string of the molecule is CCCNC1CC(Oc2cnn(C(C)C)c2)C1(C)CC. The van der Waals surface area contributed by atoms with Gasteiger partial charge in [0.2, 0.25) is 0 Å². The molecule has 1 aliphatic rings. The standard InChI is InChI=1S/C16H29N3O/c1-6-8-17-14-9-15(16(14,5)7-2)20-13-10-18-19(11-13)12(3)4/h10-12,14-15,17H,6-9H2,1-5H3. The highest BCUT2D eigenvalue weighted by molar-refractivity contribution is 5.16. The first-order valence-electron chi connectivity index (χ1n) is 7.95. The van der Waals surface area contributed by atoms with E-state index in [9.17, 15) is 0 Å². The highest BCUT2D eigenvalue weighted by Crippen LogP contribution is 2.46. The number of aromatic nitrogens is 2. The summed E-state index contributed by atoms with van der Waals surface area (Å²) in [4.78, 5) is 0. The minimum absolute atomic E-state index is 0.231. The van der Waals surface area contributed by atoms with E-state index in [1.807, 2.05) is 17.1 Å². The number of hydrogen-bond donors (Lipinski definition) is 1. The highest BCUT2D eigenvalue weighted by Gasteiger charge is 2.51. The summed E-state index contributed by atoms with van der Waals surface area (Å²) in [5.74, 6) is 0.900. The van der Waals surface area contributed by atoms with Gasteiger partial charge in [0, 0.05) is 23.9 Å². The quantitative estimate of drug-likeness (QED) is 0.831. The summed E-state index contributed by atoms with van der Waals surface area (Å²) in [7, 11) is 0. The molecule has 0 bridgehead atoms. The molecule has 1 aromatic rings. The molecule has 1 fully saturated rings. The Hall–Kier alpha value is -1.03. The second-order valence-corrected chi connectivity index (χ2v) is 6.46. The molecule has 4 nitrogen and oxygen atoms in total. The summed E-state index contributed by atoms with van der Waals surface area (Å²) in [6.45, 7) is 12.2. The Morgan fingerprint density at radius 1 is 1.50 bits per heavy atom. The zero-order chi connectivity index (χ0) is 14.8. The van der Waals surface area contributed by atoms with Crippen molar-refractivity contribution in [2.75, 3.05) is 6.54 Å². The molecule has 1 heterocycles. The smallest absolute Gasteiger partial charge is 0.157 e. The Balaban J connectivity index is 1.96. The van der Waals surface area contributed by atoms with Gasteiger partial charge in [0.15, 0.2) is 5.75 Å². The average Bonchev–Trinajstić information content (AvgIpc) is 2.90. The number of ether oxygens (including phenoxy) is 1. The lowest BCUT2D eigenvalue weighted by Gasteiger charge is -2.53. The van der Waals surface area contributed by atoms with Gasteiger partial charge in [0.1, 0.15) is 6.10 Å². The molecule has 0 spiro atoms. The maximum absolute atomic E-state index is 6.17. The van der Waals surface area contributed by atoms with Gasteiger partial charge in [-0.1, -0.05) is 20.8 Å². The zero-order valence-corrected chi connectivity index (χ0v) is 13.5. The van der Waals surface area contributed by atoms with Gasteiger partial charge in [-0.2, -0.15) is 5.10 Å². The first-order valence-corrected chi connectivity index (χ1v) is 7.95. The third-order valence-corrected chi connectivity index (χ3v) is 4.77. The number of hydrogen-bond acceptors (Lipinski definition) is 3. The number of nitrogens with zero attached hydrogens (tertiary/aromatic N) is 2. The summed E-state index contributed by atoms with van der Waals surface area (Å²) in [6.07, 6.45) is 7.56. The predicted molar refractivity (Wildman–Crippen MR) is 82.1 cm³/mol. The number of rotatable bonds is 7. The van der Waals surface area contributed by atoms with Crippen LogP contribution in [0.25, 0.3) is 0 Å². The van der Waals surface area contributed by atoms with E-state index < -0.39 is 0 Å². The van der Waals surface area contributed by atoms with Crippen molar-refractivity contribution in [3.63, 3.8) is 0 Å². The largest absolute Gasteiger partial charge is 0.486 e. The molecule has 3 unspecified atom stereocenters. The van der Waals surface area contributed by atoms with Gasteiger partial charge >= 0.3 is 0 Å². The van der Waals surface area contributed by atoms with Crippen LogP contribution in [-0.2, 0) is 0 Å². The summed E-state index contributed by atoms with van der Waals surface area (Å²) in [6, 6.07) is 0.961. The third-order valence-electron chi connectivity index (χ3n) is 4.77. The van der Waals surface area contributed by atoms with Crippen molar-refractivity contribution in [1.29, 1.82) is 0 Å². The maximum Gasteiger partial charge on any atom is 0.157 e. The van der Waals surface area contributed by atoms with Gasteiger partial charge < -0.3 is 10.1 Å². The highest BCUT2D eigenvalue weighted by atomic mass is 16.5. The van der Waals surface area contributed by atoms with Crippen molar-refractivity contribution in [2.45, 2.75) is 72.1 Å². The van der Waals surface area contributed by atoms with E-state index in [0.717, 1.165) is 25.1 Å². The van der Waals surface area contributed by atoms with E-state index in [2.05, 4.69) is 45.0 Å². The second-order valence-electron chi connectivity index (χ2n) is 6.46. The van der Waals surface area contributed by atoms with Crippen molar-refractivity contribution in [1.82, 2.24) is 15.1 Å². The molecule has 1 N–H and O–H groups in total. The molecule has 0 saturated heterocycles. The van der Waals surface area contributed by atoms with Crippen molar-refractivity contribution >= 4 is 0 Å². The fourth-order valence-corrected chi connectivity index (χ4v) is 2.94. The summed E-state index contributed by atoms with van der Waals surface area (Å²) >= 11 is 0. The maximum atomic E-state index is 6.17. The number of nitrogens with one attached hydrogen (secondary N) is 1. The van der Waals surface area contributed by atoms with Crippen LogP contribution in [0.4, 0.5) is 0 Å². The van der Waals surface area contributed by atoms with Crippen LogP contribution in [0, 0.1) is 5.41 Å². The van der Waals surface area contributed by atoms with Crippen molar-refractivity contribution < 1.29 is 4.74 Å². The van der Waals surface area contributed by atoms with E-state index in [0.29, 0.717) is 18.2 Å². The zero-order valence-electron chi connectivity index (χ0n) is 13.5. The van der Waals surface area contributed by atoms with Gasteiger partial charge in [-0.15, -0.1) is 0 Å². The van der Waals surface area contributed by atoms with Crippen LogP contribution < -0.4 is 10.1 Å². The van der Waals surface area contributed by atoms with E-state index >= 15 is 0 Å². The lowest BCUT2D eigenvalue weighted by molar-refractivity contribution is -0.0701. The van der Waals surface area contributed by atoms with Gasteiger partial charge in [-0.3, -0.25) is 4.68 Å². The van der Waals surface area contributed by atoms with Gasteiger partial charge in [0.05, 0.1) is 12.4 Å². The van der Waals surface area contributed by atoms with Gasteiger partial charge in [0.25, 0.3) is 0 Å². The Kier molecular flexibility index (Phi) is 4.74. The molecule has 1 aromatic heterocycles. The average molecular weight is 279 g/mol. The fourth-order valence-electron chi connectivity index (χ4n) is 2.94. The molecular formula is C16H29N3O. The summed E-state index contributed by atoms with van der Waals surface area (Å²) < 4.78 is 8.12. The Morgan fingerprint density at radius 3 is 2.80 bits per heavy atom. The molecule has 0 amide bonds. The van der Waals surface area contributed by atoms with E-state index in [-0.39, 0.29) is 5.41 Å². The van der Waals surface area contributed by atoms with Crippen LogP contribution in [0.3, 0.4) is 0 Å². The van der Waals surface area contributed by atoms with Crippen molar-refractivity contribution in [3.05, 3.63) is 12.4 Å². The van der Waals surface area contributed by atoms with Crippen LogP contribution >= 0.6 is 0 Å². The molecule has 2 rings (SSSR count). The van der Waals surface area contributed by atoms with Crippen LogP contribution in [0.15, 0.2) is 12.4 Å². The molecule has 20 heavy (non-hydrogen) atoms. The first-order chi connectivity index (χ1) is 9.51. The lowest BCUT2D eigenvalue weighted by atomic mass is 9.61. The topological polar surface area (TPSA) is 39.1 Å². The predicted octanol–water partition coefficient (Wildman–Crippen LogP) is 3.40. The van der Waals surface area contributed by atoms with Gasteiger partial charge in [-0.25, -0.2) is 0 Å². The molecule has 1 aliphatic carbocycles. The summed E-state index contributed by atoms with van der Waals surface area (Å²) in [5, 5.41) is 7.99.